The molecule has 0 aliphatic carbocycles. The van der Waals surface area contributed by atoms with Gasteiger partial charge in [0.1, 0.15) is 29.9 Å². The van der Waals surface area contributed by atoms with Crippen molar-refractivity contribution in [3.63, 3.8) is 0 Å². The molecule has 13 heteroatoms. The van der Waals surface area contributed by atoms with Crippen LogP contribution in [0, 0.1) is 11.3 Å². The fourth-order valence-electron chi connectivity index (χ4n) is 5.39. The first-order valence-corrected chi connectivity index (χ1v) is 14.0. The number of alkyl halides is 1. The minimum atomic E-state index is -4.07. The number of halogens is 2. The van der Waals surface area contributed by atoms with Gasteiger partial charge in [0.15, 0.2) is 9.84 Å². The van der Waals surface area contributed by atoms with Crippen LogP contribution in [0.25, 0.3) is 0 Å². The van der Waals surface area contributed by atoms with Crippen molar-refractivity contribution in [1.29, 1.82) is 5.26 Å². The van der Waals surface area contributed by atoms with Crippen LogP contribution in [0.2, 0.25) is 5.02 Å². The van der Waals surface area contributed by atoms with E-state index in [-0.39, 0.29) is 35.7 Å². The largest absolute Gasteiger partial charge is 0.350 e. The van der Waals surface area contributed by atoms with Gasteiger partial charge in [-0.05, 0) is 13.8 Å². The quantitative estimate of drug-likeness (QED) is 0.570. The smallest absolute Gasteiger partial charge is 0.288 e. The first kappa shape index (κ1) is 25.6. The van der Waals surface area contributed by atoms with Gasteiger partial charge in [0.2, 0.25) is 0 Å². The first-order chi connectivity index (χ1) is 17.3. The SMILES string of the molecule is C[C@@H]1CN(c2ncnc3c2C(C)(C)CN3c2cc(Cl)c(C#N)cn2)[C@@H](C)CN1C(=O)[C@@]1(F)CCS1(=O)=O. The Bertz CT molecular complexity index is 1450. The zero-order valence-corrected chi connectivity index (χ0v) is 22.5. The molecule has 2 aromatic rings. The molecule has 3 atom stereocenters. The second-order valence-corrected chi connectivity index (χ2v) is 13.3. The molecule has 10 nitrogen and oxygen atoms in total. The Morgan fingerprint density at radius 1 is 1.19 bits per heavy atom. The molecule has 0 bridgehead atoms. The number of aromatic nitrogens is 3. The van der Waals surface area contributed by atoms with Gasteiger partial charge in [-0.2, -0.15) is 5.26 Å². The van der Waals surface area contributed by atoms with Crippen LogP contribution in [0.15, 0.2) is 18.6 Å². The van der Waals surface area contributed by atoms with Crippen molar-refractivity contribution in [2.45, 2.75) is 56.6 Å². The number of pyridine rings is 1. The van der Waals surface area contributed by atoms with Crippen molar-refractivity contribution in [3.05, 3.63) is 34.7 Å². The number of carbonyl (C=O) groups excluding carboxylic acids is 1. The Balaban J connectivity index is 1.47. The molecule has 196 valence electrons. The molecule has 3 aliphatic rings. The number of nitrogens with zero attached hydrogens (tertiary/aromatic N) is 7. The summed E-state index contributed by atoms with van der Waals surface area (Å²) in [6.07, 6.45) is 2.61. The lowest BCUT2D eigenvalue weighted by Gasteiger charge is -2.47. The van der Waals surface area contributed by atoms with Crippen molar-refractivity contribution < 1.29 is 17.6 Å². The number of nitriles is 1. The van der Waals surface area contributed by atoms with Crippen LogP contribution in [-0.4, -0.2) is 76.6 Å². The van der Waals surface area contributed by atoms with Gasteiger partial charge < -0.3 is 14.7 Å². The van der Waals surface area contributed by atoms with Crippen LogP contribution in [0.4, 0.5) is 21.8 Å². The molecular weight excluding hydrogens is 521 g/mol. The Labute approximate surface area is 220 Å². The minimum Gasteiger partial charge on any atom is -0.350 e. The van der Waals surface area contributed by atoms with E-state index in [1.165, 1.54) is 17.4 Å². The molecule has 0 aromatic carbocycles. The molecule has 2 saturated heterocycles. The molecule has 0 unspecified atom stereocenters. The number of fused-ring (bicyclic) bond motifs is 1. The second kappa shape index (κ2) is 8.49. The maximum absolute atomic E-state index is 15.1. The number of amides is 1. The molecular formula is C24H27ClFN7O3S. The number of sulfone groups is 1. The van der Waals surface area contributed by atoms with Crippen LogP contribution >= 0.6 is 11.6 Å². The lowest BCUT2D eigenvalue weighted by Crippen LogP contribution is -2.66. The summed E-state index contributed by atoms with van der Waals surface area (Å²) in [5.41, 5.74) is 0.805. The summed E-state index contributed by atoms with van der Waals surface area (Å²) in [7, 11) is -4.07. The third kappa shape index (κ3) is 3.82. The number of piperazine rings is 1. The van der Waals surface area contributed by atoms with Crippen LogP contribution < -0.4 is 9.80 Å². The Hall–Kier alpha value is -3.04. The molecule has 0 saturated carbocycles. The molecule has 37 heavy (non-hydrogen) atoms. The van der Waals surface area contributed by atoms with E-state index in [9.17, 15) is 18.5 Å². The highest BCUT2D eigenvalue weighted by molar-refractivity contribution is 7.94. The Morgan fingerprint density at radius 3 is 2.49 bits per heavy atom. The molecule has 3 aliphatic heterocycles. The van der Waals surface area contributed by atoms with E-state index in [0.29, 0.717) is 35.6 Å². The lowest BCUT2D eigenvalue weighted by atomic mass is 9.87. The van der Waals surface area contributed by atoms with Gasteiger partial charge in [-0.15, -0.1) is 0 Å². The van der Waals surface area contributed by atoms with Crippen LogP contribution in [0.5, 0.6) is 0 Å². The fourth-order valence-corrected chi connectivity index (χ4v) is 6.86. The molecule has 2 fully saturated rings. The second-order valence-electron chi connectivity index (χ2n) is 10.6. The number of hydrogen-bond acceptors (Lipinski definition) is 9. The summed E-state index contributed by atoms with van der Waals surface area (Å²) in [6, 6.07) is 2.97. The monoisotopic (exact) mass is 547 g/mol. The van der Waals surface area contributed by atoms with Gasteiger partial charge in [-0.1, -0.05) is 25.4 Å². The van der Waals surface area contributed by atoms with Crippen LogP contribution in [0.3, 0.4) is 0 Å². The van der Waals surface area contributed by atoms with E-state index in [2.05, 4.69) is 33.7 Å². The summed E-state index contributed by atoms with van der Waals surface area (Å²) in [4.78, 5) is 31.9. The number of carbonyl (C=O) groups is 1. The van der Waals surface area contributed by atoms with Crippen molar-refractivity contribution >= 4 is 44.8 Å². The molecule has 0 spiro atoms. The highest BCUT2D eigenvalue weighted by Crippen LogP contribution is 2.47. The van der Waals surface area contributed by atoms with E-state index in [1.807, 2.05) is 17.9 Å². The number of hydrogen-bond donors (Lipinski definition) is 0. The predicted molar refractivity (Wildman–Crippen MR) is 136 cm³/mol. The van der Waals surface area contributed by atoms with Crippen LogP contribution in [-0.2, 0) is 20.0 Å². The van der Waals surface area contributed by atoms with Gasteiger partial charge in [0.25, 0.3) is 10.9 Å². The fraction of sp³-hybridized carbons (Fsp3) is 0.542. The van der Waals surface area contributed by atoms with Crippen molar-refractivity contribution in [1.82, 2.24) is 19.9 Å². The summed E-state index contributed by atoms with van der Waals surface area (Å²) in [5, 5.41) is 6.67. The Kier molecular flexibility index (Phi) is 5.88. The molecule has 2 aromatic heterocycles. The molecule has 5 heterocycles. The number of rotatable bonds is 3. The minimum absolute atomic E-state index is 0.164. The average molecular weight is 548 g/mol. The first-order valence-electron chi connectivity index (χ1n) is 12.0. The van der Waals surface area contributed by atoms with Crippen molar-refractivity contribution in [3.8, 4) is 6.07 Å². The summed E-state index contributed by atoms with van der Waals surface area (Å²) in [6.45, 7) is 8.90. The Morgan fingerprint density at radius 2 is 1.89 bits per heavy atom. The van der Waals surface area contributed by atoms with Gasteiger partial charge >= 0.3 is 0 Å². The lowest BCUT2D eigenvalue weighted by molar-refractivity contribution is -0.142. The van der Waals surface area contributed by atoms with Crippen molar-refractivity contribution in [2.24, 2.45) is 0 Å². The molecule has 0 radical (unpaired) electrons. The normalized spacial score (nSPS) is 27.9. The zero-order valence-electron chi connectivity index (χ0n) is 20.9. The zero-order chi connectivity index (χ0) is 26.9. The summed E-state index contributed by atoms with van der Waals surface area (Å²) < 4.78 is 39.1. The topological polar surface area (TPSA) is 123 Å². The van der Waals surface area contributed by atoms with Gasteiger partial charge in [0, 0.05) is 61.4 Å². The summed E-state index contributed by atoms with van der Waals surface area (Å²) >= 11 is 6.27. The van der Waals surface area contributed by atoms with E-state index in [1.54, 1.807) is 13.0 Å². The average Bonchev–Trinajstić information content (AvgIpc) is 3.14. The van der Waals surface area contributed by atoms with Crippen molar-refractivity contribution in [2.75, 3.05) is 35.2 Å². The standard InChI is InChI=1S/C24H27ClFN7O3S/c1-14-11-32(22(34)24(26)5-6-37(24,35)36)15(2)10-31(14)20-19-21(30-13-29-20)33(12-23(19,3)4)18-7-17(25)16(8-27)9-28-18/h7,9,13-15H,5-6,10-12H2,1-4H3/t14-,15+,24+/m0/s1. The van der Waals surface area contributed by atoms with E-state index < -0.39 is 26.8 Å². The molecule has 5 rings (SSSR count). The summed E-state index contributed by atoms with van der Waals surface area (Å²) in [5.74, 6) is 0.657. The highest BCUT2D eigenvalue weighted by Gasteiger charge is 2.61. The van der Waals surface area contributed by atoms with Crippen LogP contribution in [0.1, 0.15) is 45.2 Å². The highest BCUT2D eigenvalue weighted by atomic mass is 35.5. The van der Waals surface area contributed by atoms with E-state index >= 15 is 4.39 Å². The maximum atomic E-state index is 15.1. The van der Waals surface area contributed by atoms with E-state index in [4.69, 9.17) is 11.6 Å². The third-order valence-corrected chi connectivity index (χ3v) is 9.97. The maximum Gasteiger partial charge on any atom is 0.288 e. The van der Waals surface area contributed by atoms with Gasteiger partial charge in [-0.25, -0.2) is 27.8 Å². The third-order valence-electron chi connectivity index (χ3n) is 7.55. The van der Waals surface area contributed by atoms with E-state index in [0.717, 1.165) is 5.56 Å². The number of anilines is 3. The van der Waals surface area contributed by atoms with Gasteiger partial charge in [-0.3, -0.25) is 4.79 Å². The molecule has 1 amide bonds. The van der Waals surface area contributed by atoms with Gasteiger partial charge in [0.05, 0.1) is 16.3 Å². The molecule has 0 N–H and O–H groups in total. The predicted octanol–water partition coefficient (Wildman–Crippen LogP) is 2.74.